The van der Waals surface area contributed by atoms with Gasteiger partial charge in [0.1, 0.15) is 5.82 Å². The Morgan fingerprint density at radius 1 is 1.47 bits per heavy atom. The first-order valence-corrected chi connectivity index (χ1v) is 8.12. The Kier molecular flexibility index (Phi) is 3.94. The lowest BCUT2D eigenvalue weighted by atomic mass is 9.99. The molecule has 19 heavy (non-hydrogen) atoms. The maximum atomic E-state index is 14.1. The molecular formula is C13H19FN2O2S. The molecule has 2 atom stereocenters. The van der Waals surface area contributed by atoms with Gasteiger partial charge in [-0.1, -0.05) is 6.07 Å². The monoisotopic (exact) mass is 286 g/mol. The zero-order valence-corrected chi connectivity index (χ0v) is 12.0. The number of nitrogens with zero attached hydrogens (tertiary/aromatic N) is 1. The molecule has 0 radical (unpaired) electrons. The molecule has 0 saturated carbocycles. The molecule has 1 fully saturated rings. The van der Waals surface area contributed by atoms with Crippen molar-refractivity contribution < 1.29 is 12.8 Å². The summed E-state index contributed by atoms with van der Waals surface area (Å²) in [6, 6.07) is 4.00. The molecule has 106 valence electrons. The topological polar surface area (TPSA) is 63.4 Å². The Balaban J connectivity index is 2.51. The van der Waals surface area contributed by atoms with Crippen LogP contribution in [-0.4, -0.2) is 39.7 Å². The van der Waals surface area contributed by atoms with Crippen molar-refractivity contribution in [3.05, 3.63) is 29.6 Å². The van der Waals surface area contributed by atoms with E-state index in [2.05, 4.69) is 0 Å². The summed E-state index contributed by atoms with van der Waals surface area (Å²) in [4.78, 5) is 2.06. The molecule has 2 N–H and O–H groups in total. The molecule has 0 amide bonds. The first-order valence-electron chi connectivity index (χ1n) is 6.23. The van der Waals surface area contributed by atoms with Crippen LogP contribution in [0.15, 0.2) is 23.1 Å². The van der Waals surface area contributed by atoms with E-state index in [4.69, 9.17) is 5.73 Å². The highest BCUT2D eigenvalue weighted by Crippen LogP contribution is 2.38. The van der Waals surface area contributed by atoms with Gasteiger partial charge >= 0.3 is 0 Å². The molecule has 1 aliphatic heterocycles. The number of halogens is 1. The van der Waals surface area contributed by atoms with Crippen molar-refractivity contribution in [3.8, 4) is 0 Å². The Hall–Kier alpha value is -0.980. The van der Waals surface area contributed by atoms with E-state index >= 15 is 0 Å². The number of sulfone groups is 1. The first kappa shape index (κ1) is 14.4. The second kappa shape index (κ2) is 5.19. The molecule has 0 spiro atoms. The highest BCUT2D eigenvalue weighted by atomic mass is 32.2. The molecule has 1 saturated heterocycles. The van der Waals surface area contributed by atoms with Crippen molar-refractivity contribution in [2.45, 2.75) is 17.4 Å². The minimum Gasteiger partial charge on any atom is -0.330 e. The van der Waals surface area contributed by atoms with Gasteiger partial charge in [-0.25, -0.2) is 12.8 Å². The second-order valence-corrected chi connectivity index (χ2v) is 7.20. The fourth-order valence-corrected chi connectivity index (χ4v) is 3.74. The lowest BCUT2D eigenvalue weighted by molar-refractivity contribution is 0.303. The van der Waals surface area contributed by atoms with Gasteiger partial charge in [0.15, 0.2) is 9.84 Å². The van der Waals surface area contributed by atoms with Crippen LogP contribution in [0.1, 0.15) is 18.0 Å². The van der Waals surface area contributed by atoms with Crippen LogP contribution < -0.4 is 5.73 Å². The Morgan fingerprint density at radius 3 is 2.68 bits per heavy atom. The SMILES string of the molecule is CN1CC(CN)CC1c1c(F)cccc1S(C)(=O)=O. The van der Waals surface area contributed by atoms with Gasteiger partial charge in [-0.15, -0.1) is 0 Å². The lowest BCUT2D eigenvalue weighted by Crippen LogP contribution is -2.22. The Labute approximate surface area is 113 Å². The van der Waals surface area contributed by atoms with Crippen molar-refractivity contribution in [1.82, 2.24) is 4.90 Å². The van der Waals surface area contributed by atoms with Gasteiger partial charge in [-0.05, 0) is 38.1 Å². The van der Waals surface area contributed by atoms with E-state index < -0.39 is 15.7 Å². The molecule has 1 aromatic carbocycles. The van der Waals surface area contributed by atoms with Crippen LogP contribution in [0.2, 0.25) is 0 Å². The molecule has 1 heterocycles. The maximum Gasteiger partial charge on any atom is 0.175 e. The van der Waals surface area contributed by atoms with E-state index in [0.717, 1.165) is 12.8 Å². The van der Waals surface area contributed by atoms with Gasteiger partial charge in [0.05, 0.1) is 4.90 Å². The predicted molar refractivity (Wildman–Crippen MR) is 72.0 cm³/mol. The van der Waals surface area contributed by atoms with Crippen LogP contribution in [-0.2, 0) is 9.84 Å². The van der Waals surface area contributed by atoms with Gasteiger partial charge < -0.3 is 5.73 Å². The molecule has 2 rings (SSSR count). The zero-order chi connectivity index (χ0) is 14.2. The quantitative estimate of drug-likeness (QED) is 0.906. The summed E-state index contributed by atoms with van der Waals surface area (Å²) in [7, 11) is -1.57. The van der Waals surface area contributed by atoms with Crippen LogP contribution in [0.25, 0.3) is 0 Å². The van der Waals surface area contributed by atoms with Gasteiger partial charge in [0.2, 0.25) is 0 Å². The summed E-state index contributed by atoms with van der Waals surface area (Å²) in [6.07, 6.45) is 1.80. The number of hydrogen-bond acceptors (Lipinski definition) is 4. The van der Waals surface area contributed by atoms with Crippen LogP contribution in [0, 0.1) is 11.7 Å². The normalized spacial score (nSPS) is 24.8. The largest absolute Gasteiger partial charge is 0.330 e. The number of hydrogen-bond donors (Lipinski definition) is 1. The lowest BCUT2D eigenvalue weighted by Gasteiger charge is -2.22. The van der Waals surface area contributed by atoms with Crippen molar-refractivity contribution in [1.29, 1.82) is 0 Å². The summed E-state index contributed by atoms with van der Waals surface area (Å²) in [5.41, 5.74) is 5.94. The van der Waals surface area contributed by atoms with Crippen molar-refractivity contribution in [3.63, 3.8) is 0 Å². The van der Waals surface area contributed by atoms with Crippen molar-refractivity contribution >= 4 is 9.84 Å². The summed E-state index contributed by atoms with van der Waals surface area (Å²) >= 11 is 0. The van der Waals surface area contributed by atoms with Crippen LogP contribution in [0.3, 0.4) is 0 Å². The van der Waals surface area contributed by atoms with E-state index in [0.29, 0.717) is 13.0 Å². The fourth-order valence-electron chi connectivity index (χ4n) is 2.78. The highest BCUT2D eigenvalue weighted by molar-refractivity contribution is 7.90. The van der Waals surface area contributed by atoms with Gasteiger partial charge in [0, 0.05) is 24.4 Å². The number of likely N-dealkylation sites (tertiary alicyclic amines) is 1. The fraction of sp³-hybridized carbons (Fsp3) is 0.538. The van der Waals surface area contributed by atoms with Gasteiger partial charge in [0.25, 0.3) is 0 Å². The highest BCUT2D eigenvalue weighted by Gasteiger charge is 2.34. The third-order valence-corrected chi connectivity index (χ3v) is 4.87. The van der Waals surface area contributed by atoms with Crippen LogP contribution in [0.4, 0.5) is 4.39 Å². The Morgan fingerprint density at radius 2 is 2.16 bits per heavy atom. The number of benzene rings is 1. The van der Waals surface area contributed by atoms with Gasteiger partial charge in [-0.3, -0.25) is 4.90 Å². The molecule has 1 aliphatic rings. The summed E-state index contributed by atoms with van der Waals surface area (Å²) in [6.45, 7) is 1.29. The van der Waals surface area contributed by atoms with E-state index in [1.54, 1.807) is 0 Å². The van der Waals surface area contributed by atoms with E-state index in [9.17, 15) is 12.8 Å². The van der Waals surface area contributed by atoms with Crippen LogP contribution >= 0.6 is 0 Å². The maximum absolute atomic E-state index is 14.1. The second-order valence-electron chi connectivity index (χ2n) is 5.22. The van der Waals surface area contributed by atoms with Crippen molar-refractivity contribution in [2.24, 2.45) is 11.7 Å². The summed E-state index contributed by atoms with van der Waals surface area (Å²) in [5, 5.41) is 0. The summed E-state index contributed by atoms with van der Waals surface area (Å²) < 4.78 is 37.7. The average Bonchev–Trinajstić information content (AvgIpc) is 2.69. The van der Waals surface area contributed by atoms with Gasteiger partial charge in [-0.2, -0.15) is 0 Å². The van der Waals surface area contributed by atoms with E-state index in [1.807, 2.05) is 11.9 Å². The standard InChI is InChI=1S/C13H19FN2O2S/c1-16-8-9(7-15)6-11(16)13-10(14)4-3-5-12(13)19(2,17)18/h3-5,9,11H,6-8,15H2,1-2H3. The molecule has 0 aromatic heterocycles. The third kappa shape index (κ3) is 2.80. The first-order chi connectivity index (χ1) is 8.84. The third-order valence-electron chi connectivity index (χ3n) is 3.71. The predicted octanol–water partition coefficient (Wildman–Crippen LogP) is 1.18. The molecule has 0 aliphatic carbocycles. The Bertz CT molecular complexity index is 574. The summed E-state index contributed by atoms with van der Waals surface area (Å²) in [5.74, 6) is -0.181. The minimum absolute atomic E-state index is 0.0852. The number of rotatable bonds is 3. The average molecular weight is 286 g/mol. The van der Waals surface area contributed by atoms with Crippen LogP contribution in [0.5, 0.6) is 0 Å². The molecule has 0 bridgehead atoms. The molecule has 2 unspecified atom stereocenters. The molecule has 1 aromatic rings. The van der Waals surface area contributed by atoms with E-state index in [1.165, 1.54) is 18.2 Å². The molecular weight excluding hydrogens is 267 g/mol. The zero-order valence-electron chi connectivity index (χ0n) is 11.1. The number of nitrogens with two attached hydrogens (primary N) is 1. The minimum atomic E-state index is -3.44. The van der Waals surface area contributed by atoms with Crippen molar-refractivity contribution in [2.75, 3.05) is 26.4 Å². The molecule has 4 nitrogen and oxygen atoms in total. The molecule has 6 heteroatoms. The smallest absolute Gasteiger partial charge is 0.175 e. The van der Waals surface area contributed by atoms with E-state index in [-0.39, 0.29) is 22.4 Å².